The Labute approximate surface area is 125 Å². The summed E-state index contributed by atoms with van der Waals surface area (Å²) in [5, 5.41) is 6.83. The highest BCUT2D eigenvalue weighted by Crippen LogP contribution is 2.16. The molecule has 0 spiro atoms. The maximum Gasteiger partial charge on any atom is 0.257 e. The van der Waals surface area contributed by atoms with Gasteiger partial charge in [-0.2, -0.15) is 9.40 Å². The summed E-state index contributed by atoms with van der Waals surface area (Å²) in [5.41, 5.74) is 2.02. The summed E-state index contributed by atoms with van der Waals surface area (Å²) >= 11 is 0. The van der Waals surface area contributed by atoms with Crippen LogP contribution in [0.25, 0.3) is 0 Å². The number of nitrogens with zero attached hydrogens (tertiary/aromatic N) is 3. The largest absolute Gasteiger partial charge is 0.336 e. The van der Waals surface area contributed by atoms with Gasteiger partial charge in [-0.1, -0.05) is 6.92 Å². The van der Waals surface area contributed by atoms with Gasteiger partial charge in [0, 0.05) is 31.9 Å². The van der Waals surface area contributed by atoms with Crippen LogP contribution >= 0.6 is 0 Å². The molecule has 1 N–H and O–H groups in total. The Bertz CT molecular complexity index is 596. The number of hydrogen-bond donors (Lipinski definition) is 1. The molecule has 2 rings (SSSR count). The molecule has 1 aromatic heterocycles. The van der Waals surface area contributed by atoms with Crippen LogP contribution in [0.4, 0.5) is 0 Å². The van der Waals surface area contributed by atoms with Gasteiger partial charge in [0.2, 0.25) is 10.0 Å². The first kappa shape index (κ1) is 16.0. The lowest BCUT2D eigenvalue weighted by molar-refractivity contribution is 0.0696. The van der Waals surface area contributed by atoms with Crippen LogP contribution in [0.15, 0.2) is 0 Å². The van der Waals surface area contributed by atoms with Crippen molar-refractivity contribution in [2.45, 2.75) is 27.2 Å². The molecule has 7 nitrogen and oxygen atoms in total. The Morgan fingerprint density at radius 3 is 2.33 bits per heavy atom. The molecule has 0 saturated carbocycles. The summed E-state index contributed by atoms with van der Waals surface area (Å²) < 4.78 is 25.5. The Kier molecular flexibility index (Phi) is 4.67. The number of H-pyrrole nitrogens is 1. The molecular weight excluding hydrogens is 292 g/mol. The molecule has 0 atom stereocenters. The molecule has 118 valence electrons. The van der Waals surface area contributed by atoms with Gasteiger partial charge in [0.15, 0.2) is 0 Å². The highest BCUT2D eigenvalue weighted by atomic mass is 32.2. The normalized spacial score (nSPS) is 17.2. The van der Waals surface area contributed by atoms with E-state index in [0.29, 0.717) is 43.9 Å². The number of amides is 1. The minimum absolute atomic E-state index is 0.0775. The lowest BCUT2D eigenvalue weighted by Gasteiger charge is -2.34. The second kappa shape index (κ2) is 6.15. The first-order valence-corrected chi connectivity index (χ1v) is 8.76. The van der Waals surface area contributed by atoms with Crippen molar-refractivity contribution in [3.05, 3.63) is 17.0 Å². The number of hydrogen-bond acceptors (Lipinski definition) is 4. The number of rotatable bonds is 4. The van der Waals surface area contributed by atoms with Gasteiger partial charge in [0.1, 0.15) is 0 Å². The van der Waals surface area contributed by atoms with Gasteiger partial charge in [0.25, 0.3) is 5.91 Å². The molecule has 0 aromatic carbocycles. The first-order chi connectivity index (χ1) is 9.86. The highest BCUT2D eigenvalue weighted by Gasteiger charge is 2.30. The van der Waals surface area contributed by atoms with Crippen LogP contribution in [0.1, 0.15) is 35.1 Å². The Balaban J connectivity index is 2.03. The molecule has 1 fully saturated rings. The molecule has 1 saturated heterocycles. The van der Waals surface area contributed by atoms with Crippen molar-refractivity contribution in [3.8, 4) is 0 Å². The quantitative estimate of drug-likeness (QED) is 0.878. The maximum absolute atomic E-state index is 12.5. The third-order valence-electron chi connectivity index (χ3n) is 3.72. The summed E-state index contributed by atoms with van der Waals surface area (Å²) in [6.07, 6.45) is 0.606. The van der Waals surface area contributed by atoms with Crippen molar-refractivity contribution in [1.29, 1.82) is 0 Å². The highest BCUT2D eigenvalue weighted by molar-refractivity contribution is 7.89. The van der Waals surface area contributed by atoms with Gasteiger partial charge >= 0.3 is 0 Å². The van der Waals surface area contributed by atoms with E-state index in [-0.39, 0.29) is 11.7 Å². The first-order valence-electron chi connectivity index (χ1n) is 7.15. The molecule has 2 heterocycles. The molecule has 8 heteroatoms. The van der Waals surface area contributed by atoms with Crippen LogP contribution in [-0.4, -0.2) is 65.7 Å². The van der Waals surface area contributed by atoms with Crippen LogP contribution < -0.4 is 0 Å². The summed E-state index contributed by atoms with van der Waals surface area (Å²) in [7, 11) is -3.18. The Morgan fingerprint density at radius 1 is 1.24 bits per heavy atom. The smallest absolute Gasteiger partial charge is 0.257 e. The van der Waals surface area contributed by atoms with E-state index in [9.17, 15) is 13.2 Å². The molecule has 1 aliphatic heterocycles. The number of piperazine rings is 1. The van der Waals surface area contributed by atoms with E-state index < -0.39 is 10.0 Å². The predicted octanol–water partition coefficient (Wildman–Crippen LogP) is 0.524. The Morgan fingerprint density at radius 2 is 1.86 bits per heavy atom. The minimum atomic E-state index is -3.18. The second-order valence-corrected chi connectivity index (χ2v) is 7.40. The standard InChI is InChI=1S/C13H22N4O3S/c1-4-9-21(19,20)17-7-5-16(6-8-17)13(18)12-10(2)14-15-11(12)3/h4-9H2,1-3H3,(H,14,15). The topological polar surface area (TPSA) is 86.4 Å². The van der Waals surface area contributed by atoms with E-state index in [1.165, 1.54) is 4.31 Å². The maximum atomic E-state index is 12.5. The van der Waals surface area contributed by atoms with E-state index in [4.69, 9.17) is 0 Å². The van der Waals surface area contributed by atoms with E-state index in [2.05, 4.69) is 10.2 Å². The van der Waals surface area contributed by atoms with Gasteiger partial charge in [-0.3, -0.25) is 9.89 Å². The van der Waals surface area contributed by atoms with Crippen molar-refractivity contribution in [3.63, 3.8) is 0 Å². The molecular formula is C13H22N4O3S. The fourth-order valence-corrected chi connectivity index (χ4v) is 4.07. The number of carbonyl (C=O) groups is 1. The van der Waals surface area contributed by atoms with E-state index in [1.54, 1.807) is 11.8 Å². The van der Waals surface area contributed by atoms with Gasteiger partial charge in [-0.25, -0.2) is 8.42 Å². The molecule has 0 unspecified atom stereocenters. The molecule has 0 aliphatic carbocycles. The third kappa shape index (κ3) is 3.26. The minimum Gasteiger partial charge on any atom is -0.336 e. The SMILES string of the molecule is CCCS(=O)(=O)N1CCN(C(=O)c2c(C)n[nH]c2C)CC1. The van der Waals surface area contributed by atoms with Crippen molar-refractivity contribution in [2.75, 3.05) is 31.9 Å². The molecule has 1 aliphatic rings. The number of sulfonamides is 1. The lowest BCUT2D eigenvalue weighted by Crippen LogP contribution is -2.51. The zero-order valence-electron chi connectivity index (χ0n) is 12.7. The summed E-state index contributed by atoms with van der Waals surface area (Å²) in [4.78, 5) is 14.2. The van der Waals surface area contributed by atoms with Crippen molar-refractivity contribution < 1.29 is 13.2 Å². The number of aryl methyl sites for hydroxylation is 2. The average molecular weight is 314 g/mol. The van der Waals surface area contributed by atoms with E-state index >= 15 is 0 Å². The number of aromatic nitrogens is 2. The van der Waals surface area contributed by atoms with E-state index in [0.717, 1.165) is 5.69 Å². The zero-order chi connectivity index (χ0) is 15.6. The molecule has 0 radical (unpaired) electrons. The Hall–Kier alpha value is -1.41. The molecule has 0 bridgehead atoms. The summed E-state index contributed by atoms with van der Waals surface area (Å²) in [6, 6.07) is 0. The van der Waals surface area contributed by atoms with Crippen LogP contribution in [0.3, 0.4) is 0 Å². The fourth-order valence-electron chi connectivity index (χ4n) is 2.58. The van der Waals surface area contributed by atoms with Gasteiger partial charge in [0.05, 0.1) is 17.0 Å². The van der Waals surface area contributed by atoms with Crippen LogP contribution in [0.5, 0.6) is 0 Å². The molecule has 1 amide bonds. The number of nitrogens with one attached hydrogen (secondary N) is 1. The van der Waals surface area contributed by atoms with Crippen LogP contribution in [0, 0.1) is 13.8 Å². The number of aromatic amines is 1. The van der Waals surface area contributed by atoms with Crippen molar-refractivity contribution in [2.24, 2.45) is 0 Å². The van der Waals surface area contributed by atoms with Gasteiger partial charge in [-0.05, 0) is 20.3 Å². The second-order valence-electron chi connectivity index (χ2n) is 5.32. The van der Waals surface area contributed by atoms with Gasteiger partial charge in [-0.15, -0.1) is 0 Å². The fraction of sp³-hybridized carbons (Fsp3) is 0.692. The van der Waals surface area contributed by atoms with Crippen LogP contribution in [0.2, 0.25) is 0 Å². The van der Waals surface area contributed by atoms with Crippen LogP contribution in [-0.2, 0) is 10.0 Å². The summed E-state index contributed by atoms with van der Waals surface area (Å²) in [6.45, 7) is 7.03. The number of carbonyl (C=O) groups excluding carboxylic acids is 1. The molecule has 21 heavy (non-hydrogen) atoms. The average Bonchev–Trinajstić information content (AvgIpc) is 2.77. The third-order valence-corrected chi connectivity index (χ3v) is 5.80. The molecule has 1 aromatic rings. The monoisotopic (exact) mass is 314 g/mol. The van der Waals surface area contributed by atoms with Crippen molar-refractivity contribution >= 4 is 15.9 Å². The summed E-state index contributed by atoms with van der Waals surface area (Å²) in [5.74, 6) is 0.0900. The zero-order valence-corrected chi connectivity index (χ0v) is 13.5. The van der Waals surface area contributed by atoms with Crippen molar-refractivity contribution in [1.82, 2.24) is 19.4 Å². The van der Waals surface area contributed by atoms with Gasteiger partial charge < -0.3 is 4.90 Å². The predicted molar refractivity (Wildman–Crippen MR) is 79.6 cm³/mol. The van der Waals surface area contributed by atoms with E-state index in [1.807, 2.05) is 13.8 Å². The lowest BCUT2D eigenvalue weighted by atomic mass is 10.1.